The maximum Gasteiger partial charge on any atom is 0.223 e. The maximum atomic E-state index is 12.6. The van der Waals surface area contributed by atoms with Crippen LogP contribution in [0, 0.1) is 0 Å². The van der Waals surface area contributed by atoms with Crippen molar-refractivity contribution in [3.8, 4) is 0 Å². The molecule has 7 heteroatoms. The fraction of sp³-hybridized carbons (Fsp3) is 0.647. The van der Waals surface area contributed by atoms with Gasteiger partial charge in [0.05, 0.1) is 18.3 Å². The molecule has 2 aliphatic rings. The molecule has 0 unspecified atom stereocenters. The van der Waals surface area contributed by atoms with Gasteiger partial charge in [0.15, 0.2) is 0 Å². The molecule has 1 saturated carbocycles. The Bertz CT molecular complexity index is 716. The van der Waals surface area contributed by atoms with Gasteiger partial charge < -0.3 is 4.90 Å². The molecule has 0 N–H and O–H groups in total. The summed E-state index contributed by atoms with van der Waals surface area (Å²) in [6.45, 7) is 1.62. The second kappa shape index (κ2) is 6.37. The summed E-state index contributed by atoms with van der Waals surface area (Å²) in [6, 6.07) is 2.22. The molecule has 1 saturated heterocycles. The van der Waals surface area contributed by atoms with Crippen LogP contribution in [0.1, 0.15) is 49.4 Å². The van der Waals surface area contributed by atoms with Crippen molar-refractivity contribution in [3.63, 3.8) is 0 Å². The number of rotatable bonds is 6. The molecule has 0 aromatic carbocycles. The SMILES string of the molecule is Cn1nccc1CCC(=O)N1CCC[C@H]1Cn1cc(C2CC2)nn1. The third-order valence-corrected chi connectivity index (χ3v) is 5.16. The van der Waals surface area contributed by atoms with Crippen LogP contribution in [0.3, 0.4) is 0 Å². The normalized spacial score (nSPS) is 20.7. The number of amides is 1. The fourth-order valence-corrected chi connectivity index (χ4v) is 3.56. The zero-order chi connectivity index (χ0) is 16.5. The van der Waals surface area contributed by atoms with Crippen molar-refractivity contribution in [2.45, 2.75) is 57.0 Å². The van der Waals surface area contributed by atoms with Crippen molar-refractivity contribution in [3.05, 3.63) is 29.8 Å². The molecule has 128 valence electrons. The Hall–Kier alpha value is -2.18. The van der Waals surface area contributed by atoms with Crippen molar-refractivity contribution in [1.29, 1.82) is 0 Å². The van der Waals surface area contributed by atoms with Crippen molar-refractivity contribution < 1.29 is 4.79 Å². The fourth-order valence-electron chi connectivity index (χ4n) is 3.56. The molecule has 1 atom stereocenters. The lowest BCUT2D eigenvalue weighted by molar-refractivity contribution is -0.132. The molecule has 1 amide bonds. The van der Waals surface area contributed by atoms with E-state index in [1.165, 1.54) is 12.8 Å². The third kappa shape index (κ3) is 3.20. The number of carbonyl (C=O) groups is 1. The average molecular weight is 328 g/mol. The lowest BCUT2D eigenvalue weighted by Crippen LogP contribution is -2.38. The van der Waals surface area contributed by atoms with E-state index >= 15 is 0 Å². The summed E-state index contributed by atoms with van der Waals surface area (Å²) in [5.41, 5.74) is 2.21. The first-order valence-corrected chi connectivity index (χ1v) is 8.87. The number of nitrogens with zero attached hydrogens (tertiary/aromatic N) is 6. The number of carbonyl (C=O) groups excluding carboxylic acids is 1. The summed E-state index contributed by atoms with van der Waals surface area (Å²) < 4.78 is 3.76. The predicted molar refractivity (Wildman–Crippen MR) is 88.3 cm³/mol. The average Bonchev–Trinajstić information content (AvgIpc) is 2.97. The standard InChI is InChI=1S/C17H24N6O/c1-21-14(8-9-18-21)6-7-17(24)23-10-2-3-15(23)11-22-12-16(19-20-22)13-4-5-13/h8-9,12-13,15H,2-7,10-11H2,1H3/t15-/m0/s1. The van der Waals surface area contributed by atoms with E-state index in [9.17, 15) is 4.79 Å². The van der Waals surface area contributed by atoms with Gasteiger partial charge in [-0.15, -0.1) is 5.10 Å². The van der Waals surface area contributed by atoms with Crippen LogP contribution in [0.25, 0.3) is 0 Å². The van der Waals surface area contributed by atoms with Crippen LogP contribution in [-0.4, -0.2) is 48.2 Å². The van der Waals surface area contributed by atoms with E-state index in [1.807, 2.05) is 27.4 Å². The second-order valence-corrected chi connectivity index (χ2v) is 6.97. The number of aromatic nitrogens is 5. The Balaban J connectivity index is 1.34. The molecule has 24 heavy (non-hydrogen) atoms. The van der Waals surface area contributed by atoms with Gasteiger partial charge in [0, 0.05) is 44.0 Å². The van der Waals surface area contributed by atoms with Crippen LogP contribution in [0.15, 0.2) is 18.5 Å². The van der Waals surface area contributed by atoms with Gasteiger partial charge in [-0.05, 0) is 38.2 Å². The van der Waals surface area contributed by atoms with Crippen LogP contribution < -0.4 is 0 Å². The van der Waals surface area contributed by atoms with Gasteiger partial charge in [-0.3, -0.25) is 14.2 Å². The smallest absolute Gasteiger partial charge is 0.223 e. The summed E-state index contributed by atoms with van der Waals surface area (Å²) in [7, 11) is 1.92. The van der Waals surface area contributed by atoms with Crippen molar-refractivity contribution in [2.24, 2.45) is 7.05 Å². The first kappa shape index (κ1) is 15.4. The van der Waals surface area contributed by atoms with Gasteiger partial charge in [-0.25, -0.2) is 0 Å². The van der Waals surface area contributed by atoms with Crippen molar-refractivity contribution >= 4 is 5.91 Å². The highest BCUT2D eigenvalue weighted by Crippen LogP contribution is 2.38. The molecule has 0 bridgehead atoms. The molecular weight excluding hydrogens is 304 g/mol. The van der Waals surface area contributed by atoms with Crippen LogP contribution in [0.4, 0.5) is 0 Å². The third-order valence-electron chi connectivity index (χ3n) is 5.16. The summed E-state index contributed by atoms with van der Waals surface area (Å²) >= 11 is 0. The number of aryl methyl sites for hydroxylation is 2. The first-order valence-electron chi connectivity index (χ1n) is 8.87. The molecule has 2 aromatic heterocycles. The summed E-state index contributed by atoms with van der Waals surface area (Å²) in [4.78, 5) is 14.7. The van der Waals surface area contributed by atoms with E-state index in [0.29, 0.717) is 12.3 Å². The second-order valence-electron chi connectivity index (χ2n) is 6.97. The Morgan fingerprint density at radius 3 is 2.96 bits per heavy atom. The molecular formula is C17H24N6O. The Morgan fingerprint density at radius 2 is 2.21 bits per heavy atom. The summed E-state index contributed by atoms with van der Waals surface area (Å²) in [6.07, 6.45) is 9.73. The Kier molecular flexibility index (Phi) is 4.08. The van der Waals surface area contributed by atoms with E-state index in [2.05, 4.69) is 21.6 Å². The summed E-state index contributed by atoms with van der Waals surface area (Å²) in [5.74, 6) is 0.861. The largest absolute Gasteiger partial charge is 0.338 e. The maximum absolute atomic E-state index is 12.6. The Morgan fingerprint density at radius 1 is 1.33 bits per heavy atom. The van der Waals surface area contributed by atoms with E-state index in [-0.39, 0.29) is 11.9 Å². The summed E-state index contributed by atoms with van der Waals surface area (Å²) in [5, 5.41) is 12.7. The van der Waals surface area contributed by atoms with Crippen LogP contribution in [0.5, 0.6) is 0 Å². The molecule has 7 nitrogen and oxygen atoms in total. The highest BCUT2D eigenvalue weighted by molar-refractivity contribution is 5.77. The molecule has 3 heterocycles. The molecule has 4 rings (SSSR count). The highest BCUT2D eigenvalue weighted by atomic mass is 16.2. The zero-order valence-corrected chi connectivity index (χ0v) is 14.1. The quantitative estimate of drug-likeness (QED) is 0.806. The molecule has 2 aromatic rings. The zero-order valence-electron chi connectivity index (χ0n) is 14.1. The van der Waals surface area contributed by atoms with E-state index in [0.717, 1.165) is 43.7 Å². The monoisotopic (exact) mass is 328 g/mol. The van der Waals surface area contributed by atoms with E-state index < -0.39 is 0 Å². The van der Waals surface area contributed by atoms with E-state index in [1.54, 1.807) is 6.20 Å². The predicted octanol–water partition coefficient (Wildman–Crippen LogP) is 1.51. The van der Waals surface area contributed by atoms with Gasteiger partial charge in [-0.1, -0.05) is 5.21 Å². The van der Waals surface area contributed by atoms with Crippen molar-refractivity contribution in [2.75, 3.05) is 6.54 Å². The molecule has 1 aliphatic carbocycles. The van der Waals surface area contributed by atoms with Gasteiger partial charge in [-0.2, -0.15) is 5.10 Å². The molecule has 0 radical (unpaired) electrons. The highest BCUT2D eigenvalue weighted by Gasteiger charge is 2.30. The first-order chi connectivity index (χ1) is 11.7. The number of hydrogen-bond donors (Lipinski definition) is 0. The lowest BCUT2D eigenvalue weighted by Gasteiger charge is -2.24. The number of likely N-dealkylation sites (tertiary alicyclic amines) is 1. The van der Waals surface area contributed by atoms with Gasteiger partial charge in [0.2, 0.25) is 5.91 Å². The van der Waals surface area contributed by atoms with E-state index in [4.69, 9.17) is 0 Å². The lowest BCUT2D eigenvalue weighted by atomic mass is 10.2. The molecule has 2 fully saturated rings. The minimum absolute atomic E-state index is 0.237. The minimum Gasteiger partial charge on any atom is -0.338 e. The van der Waals surface area contributed by atoms with Crippen LogP contribution in [0.2, 0.25) is 0 Å². The van der Waals surface area contributed by atoms with Gasteiger partial charge in [0.25, 0.3) is 0 Å². The molecule has 1 aliphatic heterocycles. The van der Waals surface area contributed by atoms with Crippen LogP contribution >= 0.6 is 0 Å². The van der Waals surface area contributed by atoms with Gasteiger partial charge >= 0.3 is 0 Å². The number of hydrogen-bond acceptors (Lipinski definition) is 4. The molecule has 0 spiro atoms. The topological polar surface area (TPSA) is 68.8 Å². The van der Waals surface area contributed by atoms with Crippen LogP contribution in [-0.2, 0) is 24.8 Å². The van der Waals surface area contributed by atoms with Gasteiger partial charge in [0.1, 0.15) is 0 Å². The Labute approximate surface area is 141 Å². The van der Waals surface area contributed by atoms with Crippen molar-refractivity contribution in [1.82, 2.24) is 29.7 Å². The minimum atomic E-state index is 0.237.